The minimum atomic E-state index is -1.53. The van der Waals surface area contributed by atoms with Gasteiger partial charge in [0.1, 0.15) is 12.1 Å². The molecule has 4 N–H and O–H groups in total. The van der Waals surface area contributed by atoms with Crippen LogP contribution in [0.1, 0.15) is 29.9 Å². The summed E-state index contributed by atoms with van der Waals surface area (Å²) in [6.45, 7) is -0.601. The fourth-order valence-electron chi connectivity index (χ4n) is 4.63. The van der Waals surface area contributed by atoms with Gasteiger partial charge in [0.05, 0.1) is 13.2 Å². The number of carboxylic acid groups (broad SMARTS) is 1. The number of aliphatic hydroxyl groups is 2. The van der Waals surface area contributed by atoms with Crippen LogP contribution in [0.4, 0.5) is 4.79 Å². The van der Waals surface area contributed by atoms with Gasteiger partial charge >= 0.3 is 12.1 Å². The molecular weight excluding hydrogens is 374 g/mol. The highest BCUT2D eigenvalue weighted by molar-refractivity contribution is 5.86. The number of benzene rings is 2. The summed E-state index contributed by atoms with van der Waals surface area (Å²) in [7, 11) is 0. The van der Waals surface area contributed by atoms with Gasteiger partial charge in [-0.3, -0.25) is 0 Å². The lowest BCUT2D eigenvalue weighted by atomic mass is 9.58. The monoisotopic (exact) mass is 397 g/mol. The van der Waals surface area contributed by atoms with Crippen LogP contribution in [0.2, 0.25) is 0 Å². The standard InChI is InChI=1S/C22H23NO6/c24-12-21(13-25)10-22(11-21,19(26)27)23-20(28)29-9-18-16-7-3-1-5-14(16)15-6-2-4-8-17(15)18/h1-8,18,24-25H,9-13H2,(H,23,28)(H,26,27). The van der Waals surface area contributed by atoms with Crippen molar-refractivity contribution >= 4 is 12.1 Å². The van der Waals surface area contributed by atoms with Crippen molar-refractivity contribution < 1.29 is 29.6 Å². The maximum atomic E-state index is 12.4. The minimum Gasteiger partial charge on any atom is -0.480 e. The Bertz CT molecular complexity index is 898. The molecule has 0 aromatic heterocycles. The number of carbonyl (C=O) groups excluding carboxylic acids is 1. The van der Waals surface area contributed by atoms with Crippen LogP contribution in [-0.2, 0) is 9.53 Å². The van der Waals surface area contributed by atoms with Gasteiger partial charge in [0.25, 0.3) is 0 Å². The molecule has 1 amide bonds. The molecule has 0 heterocycles. The molecule has 0 atom stereocenters. The lowest BCUT2D eigenvalue weighted by Gasteiger charge is -2.51. The average Bonchev–Trinajstić information content (AvgIpc) is 3.02. The number of aliphatic carboxylic acids is 1. The lowest BCUT2D eigenvalue weighted by molar-refractivity contribution is -0.162. The zero-order valence-electron chi connectivity index (χ0n) is 15.8. The smallest absolute Gasteiger partial charge is 0.408 e. The van der Waals surface area contributed by atoms with E-state index in [4.69, 9.17) is 4.74 Å². The first-order chi connectivity index (χ1) is 13.9. The number of rotatable bonds is 6. The van der Waals surface area contributed by atoms with Gasteiger partial charge in [0.15, 0.2) is 0 Å². The van der Waals surface area contributed by atoms with E-state index in [-0.39, 0.29) is 38.6 Å². The topological polar surface area (TPSA) is 116 Å². The maximum Gasteiger partial charge on any atom is 0.408 e. The van der Waals surface area contributed by atoms with E-state index in [1.807, 2.05) is 48.5 Å². The first-order valence-corrected chi connectivity index (χ1v) is 9.52. The second kappa shape index (κ2) is 7.17. The van der Waals surface area contributed by atoms with Gasteiger partial charge in [-0.1, -0.05) is 48.5 Å². The number of nitrogens with one attached hydrogen (secondary N) is 1. The van der Waals surface area contributed by atoms with Crippen LogP contribution >= 0.6 is 0 Å². The molecule has 1 saturated carbocycles. The quantitative estimate of drug-likeness (QED) is 0.593. The molecular formula is C22H23NO6. The largest absolute Gasteiger partial charge is 0.480 e. The molecule has 7 nitrogen and oxygen atoms in total. The van der Waals surface area contributed by atoms with Crippen molar-refractivity contribution in [3.05, 3.63) is 59.7 Å². The number of carboxylic acids is 1. The SMILES string of the molecule is O=C(NC1(C(=O)O)CC(CO)(CO)C1)OCC1c2ccccc2-c2ccccc21. The molecule has 0 spiro atoms. The normalized spacial score (nSPS) is 18.3. The van der Waals surface area contributed by atoms with E-state index in [1.54, 1.807) is 0 Å². The molecule has 152 valence electrons. The summed E-state index contributed by atoms with van der Waals surface area (Å²) in [5, 5.41) is 30.8. The summed E-state index contributed by atoms with van der Waals surface area (Å²) in [4.78, 5) is 24.1. The van der Waals surface area contributed by atoms with Crippen molar-refractivity contribution in [2.75, 3.05) is 19.8 Å². The molecule has 2 aliphatic carbocycles. The second-order valence-corrected chi connectivity index (χ2v) is 8.01. The first-order valence-electron chi connectivity index (χ1n) is 9.52. The fraction of sp³-hybridized carbons (Fsp3) is 0.364. The van der Waals surface area contributed by atoms with E-state index >= 15 is 0 Å². The molecule has 2 aromatic carbocycles. The van der Waals surface area contributed by atoms with E-state index in [1.165, 1.54) is 0 Å². The highest BCUT2D eigenvalue weighted by Gasteiger charge is 2.60. The number of amides is 1. The Morgan fingerprint density at radius 2 is 1.48 bits per heavy atom. The van der Waals surface area contributed by atoms with Crippen molar-refractivity contribution in [1.82, 2.24) is 5.32 Å². The number of hydrogen-bond acceptors (Lipinski definition) is 5. The Balaban J connectivity index is 1.46. The van der Waals surface area contributed by atoms with Crippen molar-refractivity contribution in [3.63, 3.8) is 0 Å². The van der Waals surface area contributed by atoms with E-state index in [0.717, 1.165) is 22.3 Å². The number of hydrogen-bond donors (Lipinski definition) is 4. The fourth-order valence-corrected chi connectivity index (χ4v) is 4.63. The number of ether oxygens (including phenoxy) is 1. The van der Waals surface area contributed by atoms with Gasteiger partial charge in [-0.15, -0.1) is 0 Å². The van der Waals surface area contributed by atoms with Crippen LogP contribution < -0.4 is 5.32 Å². The Labute approximate surface area is 167 Å². The van der Waals surface area contributed by atoms with Crippen LogP contribution in [-0.4, -0.2) is 52.7 Å². The predicted molar refractivity (Wildman–Crippen MR) is 104 cm³/mol. The highest BCUT2D eigenvalue weighted by Crippen LogP contribution is 2.48. The lowest BCUT2D eigenvalue weighted by Crippen LogP contribution is -2.68. The average molecular weight is 397 g/mol. The van der Waals surface area contributed by atoms with Gasteiger partial charge in [0.2, 0.25) is 0 Å². The zero-order valence-corrected chi connectivity index (χ0v) is 15.8. The van der Waals surface area contributed by atoms with Crippen molar-refractivity contribution in [3.8, 4) is 11.1 Å². The molecule has 7 heteroatoms. The van der Waals surface area contributed by atoms with Gasteiger partial charge in [0, 0.05) is 11.3 Å². The third-order valence-electron chi connectivity index (χ3n) is 6.12. The molecule has 0 radical (unpaired) electrons. The van der Waals surface area contributed by atoms with Gasteiger partial charge < -0.3 is 25.4 Å². The molecule has 0 aliphatic heterocycles. The van der Waals surface area contributed by atoms with Crippen LogP contribution in [0, 0.1) is 5.41 Å². The van der Waals surface area contributed by atoms with E-state index in [0.29, 0.717) is 0 Å². The molecule has 2 aliphatic rings. The van der Waals surface area contributed by atoms with E-state index < -0.39 is 23.0 Å². The molecule has 0 bridgehead atoms. The van der Waals surface area contributed by atoms with Crippen molar-refractivity contribution in [1.29, 1.82) is 0 Å². The number of aliphatic hydroxyl groups excluding tert-OH is 2. The summed E-state index contributed by atoms with van der Waals surface area (Å²) in [5.74, 6) is -1.33. The van der Waals surface area contributed by atoms with Gasteiger partial charge in [-0.2, -0.15) is 0 Å². The van der Waals surface area contributed by atoms with Gasteiger partial charge in [-0.05, 0) is 35.1 Å². The van der Waals surface area contributed by atoms with Crippen LogP contribution in [0.5, 0.6) is 0 Å². The van der Waals surface area contributed by atoms with Crippen LogP contribution in [0.15, 0.2) is 48.5 Å². The molecule has 29 heavy (non-hydrogen) atoms. The molecule has 0 unspecified atom stereocenters. The molecule has 0 saturated heterocycles. The van der Waals surface area contributed by atoms with E-state index in [9.17, 15) is 24.9 Å². The molecule has 2 aromatic rings. The highest BCUT2D eigenvalue weighted by atomic mass is 16.5. The molecule has 4 rings (SSSR count). The minimum absolute atomic E-state index is 0.0491. The zero-order chi connectivity index (χ0) is 20.6. The Hall–Kier alpha value is -2.90. The van der Waals surface area contributed by atoms with Crippen LogP contribution in [0.25, 0.3) is 11.1 Å². The van der Waals surface area contributed by atoms with Crippen molar-refractivity contribution in [2.24, 2.45) is 5.41 Å². The first kappa shape index (κ1) is 19.4. The van der Waals surface area contributed by atoms with Crippen LogP contribution in [0.3, 0.4) is 0 Å². The van der Waals surface area contributed by atoms with Gasteiger partial charge in [-0.25, -0.2) is 9.59 Å². The van der Waals surface area contributed by atoms with Crippen molar-refractivity contribution in [2.45, 2.75) is 24.3 Å². The maximum absolute atomic E-state index is 12.4. The summed E-state index contributed by atoms with van der Waals surface area (Å²) in [5.41, 5.74) is 1.92. The Morgan fingerprint density at radius 3 is 1.97 bits per heavy atom. The molecule has 1 fully saturated rings. The summed E-state index contributed by atoms with van der Waals surface area (Å²) >= 11 is 0. The third kappa shape index (κ3) is 3.16. The summed E-state index contributed by atoms with van der Waals surface area (Å²) in [6, 6.07) is 15.9. The van der Waals surface area contributed by atoms with E-state index in [2.05, 4.69) is 5.32 Å². The second-order valence-electron chi connectivity index (χ2n) is 8.01. The Morgan fingerprint density at radius 1 is 0.966 bits per heavy atom. The Kier molecular flexibility index (Phi) is 4.80. The number of fused-ring (bicyclic) bond motifs is 3. The number of alkyl carbamates (subject to hydrolysis) is 1. The summed E-state index contributed by atoms with van der Waals surface area (Å²) < 4.78 is 5.42. The number of carbonyl (C=O) groups is 2. The third-order valence-corrected chi connectivity index (χ3v) is 6.12. The summed E-state index contributed by atoms with van der Waals surface area (Å²) in [6.07, 6.45) is -0.919. The predicted octanol–water partition coefficient (Wildman–Crippen LogP) is 2.11.